The number of hydrogen-bond donors (Lipinski definition) is 0. The molecule has 4 aromatic rings. The minimum absolute atomic E-state index is 0.394. The number of aromatic nitrogens is 2. The van der Waals surface area contributed by atoms with Crippen molar-refractivity contribution in [3.8, 4) is 11.3 Å². The average molecular weight is 364 g/mol. The van der Waals surface area contributed by atoms with Crippen LogP contribution in [0.1, 0.15) is 68.6 Å². The van der Waals surface area contributed by atoms with Crippen molar-refractivity contribution < 1.29 is 11.3 Å². The van der Waals surface area contributed by atoms with Crippen LogP contribution in [-0.2, 0) is 0 Å². The lowest BCUT2D eigenvalue weighted by Gasteiger charge is -2.13. The van der Waals surface area contributed by atoms with Gasteiger partial charge < -0.3 is 4.42 Å². The van der Waals surface area contributed by atoms with Gasteiger partial charge in [-0.05, 0) is 66.6 Å². The van der Waals surface area contributed by atoms with Gasteiger partial charge in [0, 0.05) is 35.1 Å². The fraction of sp³-hybridized carbons (Fsp3) is 0.333. The lowest BCUT2D eigenvalue weighted by molar-refractivity contribution is 0.653. The maximum Gasteiger partial charge on any atom is 0.227 e. The molecule has 4 rings (SSSR count). The second-order valence-corrected chi connectivity index (χ2v) is 7.28. The van der Waals surface area contributed by atoms with E-state index in [0.717, 1.165) is 22.0 Å². The number of pyridine rings is 2. The van der Waals surface area contributed by atoms with Crippen LogP contribution in [0.15, 0.2) is 40.9 Å². The van der Waals surface area contributed by atoms with Gasteiger partial charge in [-0.15, -0.1) is 0 Å². The zero-order valence-corrected chi connectivity index (χ0v) is 16.3. The van der Waals surface area contributed by atoms with Gasteiger partial charge in [0.2, 0.25) is 5.71 Å². The summed E-state index contributed by atoms with van der Waals surface area (Å²) in [5.41, 5.74) is 4.89. The summed E-state index contributed by atoms with van der Waals surface area (Å²) < 4.78 is 46.9. The lowest BCUT2D eigenvalue weighted by atomic mass is 9.93. The standard InChI is InChI=1S/C24H26N2O/c1-13(2)17-9-10-18(21-11-20(14(3)4)15(5)12-25-21)23-22(17)19-8-7-16(6)26-24(19)27-23/h7-14H,1-6H3/i3D3,13D,14D. The van der Waals surface area contributed by atoms with Crippen molar-refractivity contribution in [1.29, 1.82) is 0 Å². The number of fused-ring (bicyclic) bond motifs is 3. The van der Waals surface area contributed by atoms with Gasteiger partial charge in [-0.1, -0.05) is 33.7 Å². The summed E-state index contributed by atoms with van der Waals surface area (Å²) in [6.45, 7) is 6.21. The maximum absolute atomic E-state index is 8.63. The molecule has 0 aliphatic rings. The summed E-state index contributed by atoms with van der Waals surface area (Å²) in [6, 6.07) is 9.27. The molecule has 0 aliphatic heterocycles. The highest BCUT2D eigenvalue weighted by Crippen LogP contribution is 2.39. The molecule has 0 amide bonds. The lowest BCUT2D eigenvalue weighted by Crippen LogP contribution is -1.96. The number of hydrogen-bond acceptors (Lipinski definition) is 3. The maximum atomic E-state index is 8.63. The van der Waals surface area contributed by atoms with Gasteiger partial charge in [-0.2, -0.15) is 0 Å². The molecule has 3 nitrogen and oxygen atoms in total. The van der Waals surface area contributed by atoms with Crippen LogP contribution < -0.4 is 0 Å². The minimum atomic E-state index is -2.49. The first kappa shape index (κ1) is 12.7. The van der Waals surface area contributed by atoms with E-state index in [4.69, 9.17) is 11.3 Å². The molecule has 1 unspecified atom stereocenters. The van der Waals surface area contributed by atoms with Crippen LogP contribution in [0, 0.1) is 13.8 Å². The van der Waals surface area contributed by atoms with E-state index in [0.29, 0.717) is 33.7 Å². The molecule has 1 aromatic carbocycles. The third kappa shape index (κ3) is 2.91. The number of rotatable bonds is 3. The van der Waals surface area contributed by atoms with Gasteiger partial charge >= 0.3 is 0 Å². The van der Waals surface area contributed by atoms with E-state index >= 15 is 0 Å². The highest BCUT2D eigenvalue weighted by Gasteiger charge is 2.19. The first-order chi connectivity index (χ1) is 14.7. The Hall–Kier alpha value is -2.68. The van der Waals surface area contributed by atoms with Gasteiger partial charge in [-0.25, -0.2) is 4.98 Å². The molecular formula is C24H26N2O. The van der Waals surface area contributed by atoms with Crippen LogP contribution in [-0.4, -0.2) is 9.97 Å². The van der Waals surface area contributed by atoms with E-state index in [-0.39, 0.29) is 0 Å². The van der Waals surface area contributed by atoms with Gasteiger partial charge in [0.25, 0.3) is 0 Å². The van der Waals surface area contributed by atoms with Crippen LogP contribution in [0.4, 0.5) is 0 Å². The Kier molecular flexibility index (Phi) is 3.04. The average Bonchev–Trinajstić information content (AvgIpc) is 3.04. The summed E-state index contributed by atoms with van der Waals surface area (Å²) in [6.07, 6.45) is 1.60. The van der Waals surface area contributed by atoms with Crippen LogP contribution in [0.3, 0.4) is 0 Å². The largest absolute Gasteiger partial charge is 0.437 e. The molecule has 138 valence electrons. The summed E-state index contributed by atoms with van der Waals surface area (Å²) in [4.78, 5) is 9.06. The van der Waals surface area contributed by atoms with E-state index in [2.05, 4.69) is 9.97 Å². The van der Waals surface area contributed by atoms with Crippen molar-refractivity contribution >= 4 is 22.1 Å². The molecule has 0 spiro atoms. The molecule has 3 aromatic heterocycles. The third-order valence-electron chi connectivity index (χ3n) is 4.95. The number of aryl methyl sites for hydroxylation is 2. The Morgan fingerprint density at radius 1 is 1.04 bits per heavy atom. The number of furan rings is 1. The Bertz CT molecular complexity index is 1350. The normalized spacial score (nSPS) is 17.7. The molecule has 3 heterocycles. The molecule has 0 aliphatic carbocycles. The Morgan fingerprint density at radius 2 is 1.85 bits per heavy atom. The number of nitrogens with zero attached hydrogens (tertiary/aromatic N) is 2. The molecule has 0 saturated carbocycles. The quantitative estimate of drug-likeness (QED) is 0.397. The predicted molar refractivity (Wildman–Crippen MR) is 112 cm³/mol. The first-order valence-corrected chi connectivity index (χ1v) is 9.02. The fourth-order valence-corrected chi connectivity index (χ4v) is 3.55. The summed E-state index contributed by atoms with van der Waals surface area (Å²) in [7, 11) is 0. The predicted octanol–water partition coefficient (Wildman–Crippen LogP) is 6.91. The van der Waals surface area contributed by atoms with Crippen LogP contribution >= 0.6 is 0 Å². The molecule has 3 heteroatoms. The van der Waals surface area contributed by atoms with E-state index < -0.39 is 18.6 Å². The van der Waals surface area contributed by atoms with E-state index in [9.17, 15) is 0 Å². The summed E-state index contributed by atoms with van der Waals surface area (Å²) >= 11 is 0. The zero-order valence-electron chi connectivity index (χ0n) is 21.3. The Morgan fingerprint density at radius 3 is 2.59 bits per heavy atom. The van der Waals surface area contributed by atoms with Gasteiger partial charge in [0.1, 0.15) is 5.58 Å². The summed E-state index contributed by atoms with van der Waals surface area (Å²) in [5.74, 6) is -2.66. The van der Waals surface area contributed by atoms with Crippen molar-refractivity contribution in [2.24, 2.45) is 0 Å². The first-order valence-electron chi connectivity index (χ1n) is 11.5. The van der Waals surface area contributed by atoms with Crippen LogP contribution in [0.2, 0.25) is 0 Å². The smallest absolute Gasteiger partial charge is 0.227 e. The van der Waals surface area contributed by atoms with Crippen molar-refractivity contribution in [2.75, 3.05) is 0 Å². The Labute approximate surface area is 167 Å². The molecule has 0 bridgehead atoms. The monoisotopic (exact) mass is 363 g/mol. The second-order valence-electron chi connectivity index (χ2n) is 7.28. The van der Waals surface area contributed by atoms with Crippen molar-refractivity contribution in [3.05, 3.63) is 58.9 Å². The second kappa shape index (κ2) is 6.49. The van der Waals surface area contributed by atoms with E-state index in [1.54, 1.807) is 19.2 Å². The van der Waals surface area contributed by atoms with Gasteiger partial charge in [0.15, 0.2) is 0 Å². The van der Waals surface area contributed by atoms with Crippen molar-refractivity contribution in [3.63, 3.8) is 0 Å². The third-order valence-corrected chi connectivity index (χ3v) is 4.95. The molecule has 0 fully saturated rings. The number of benzene rings is 1. The Balaban J connectivity index is 2.05. The topological polar surface area (TPSA) is 38.9 Å². The zero-order chi connectivity index (χ0) is 23.6. The summed E-state index contributed by atoms with van der Waals surface area (Å²) in [5, 5.41) is 1.63. The van der Waals surface area contributed by atoms with E-state index in [1.807, 2.05) is 45.0 Å². The van der Waals surface area contributed by atoms with Crippen molar-refractivity contribution in [2.45, 2.75) is 53.3 Å². The molecular weight excluding hydrogens is 332 g/mol. The minimum Gasteiger partial charge on any atom is -0.437 e. The highest BCUT2D eigenvalue weighted by molar-refractivity contribution is 6.10. The highest BCUT2D eigenvalue weighted by atomic mass is 16.3. The van der Waals surface area contributed by atoms with E-state index in [1.165, 1.54) is 6.92 Å². The van der Waals surface area contributed by atoms with Crippen molar-refractivity contribution in [1.82, 2.24) is 9.97 Å². The van der Waals surface area contributed by atoms with Crippen LogP contribution in [0.25, 0.3) is 33.3 Å². The molecule has 0 radical (unpaired) electrons. The molecule has 27 heavy (non-hydrogen) atoms. The van der Waals surface area contributed by atoms with Gasteiger partial charge in [0.05, 0.1) is 5.69 Å². The molecule has 0 N–H and O–H groups in total. The molecule has 1 atom stereocenters. The van der Waals surface area contributed by atoms with Gasteiger partial charge in [-0.3, -0.25) is 4.98 Å². The fourth-order valence-electron chi connectivity index (χ4n) is 3.55. The van der Waals surface area contributed by atoms with Crippen LogP contribution in [0.5, 0.6) is 0 Å². The molecule has 0 saturated heterocycles. The SMILES string of the molecule is [2H]C(C)(C)c1ccc(-c2cc(C([2H])(C)C([2H])([2H])[2H])c(C)cn2)c2oc3nc(C)ccc3c12.